The highest BCUT2D eigenvalue weighted by molar-refractivity contribution is 9.10. The number of hydrogen-bond donors (Lipinski definition) is 1. The average Bonchev–Trinajstić information content (AvgIpc) is 2.27. The Balaban J connectivity index is 2.81. The molecule has 0 radical (unpaired) electrons. The van der Waals surface area contributed by atoms with Crippen LogP contribution in [0.3, 0.4) is 0 Å². The summed E-state index contributed by atoms with van der Waals surface area (Å²) in [4.78, 5) is 11.9. The molecule has 0 fully saturated rings. The molecule has 98 valence electrons. The lowest BCUT2D eigenvalue weighted by Gasteiger charge is -2.17. The lowest BCUT2D eigenvalue weighted by molar-refractivity contribution is 0.0954. The van der Waals surface area contributed by atoms with E-state index in [1.807, 2.05) is 19.9 Å². The van der Waals surface area contributed by atoms with Crippen molar-refractivity contribution in [3.8, 4) is 0 Å². The quantitative estimate of drug-likeness (QED) is 0.653. The summed E-state index contributed by atoms with van der Waals surface area (Å²) in [6.07, 6.45) is 0. The normalized spacial score (nSPS) is 12.4. The molecule has 0 saturated carbocycles. The van der Waals surface area contributed by atoms with Gasteiger partial charge >= 0.3 is 0 Å². The van der Waals surface area contributed by atoms with Crippen LogP contribution in [0.2, 0.25) is 0 Å². The van der Waals surface area contributed by atoms with Crippen molar-refractivity contribution >= 4 is 27.5 Å². The predicted molar refractivity (Wildman–Crippen MR) is 78.9 cm³/mol. The van der Waals surface area contributed by atoms with E-state index in [0.717, 1.165) is 15.7 Å². The number of rotatable bonds is 2. The zero-order valence-corrected chi connectivity index (χ0v) is 13.1. The van der Waals surface area contributed by atoms with Gasteiger partial charge in [-0.25, -0.2) is 5.43 Å². The number of aryl methyl sites for hydroxylation is 1. The largest absolute Gasteiger partial charge is 0.271 e. The lowest BCUT2D eigenvalue weighted by Crippen LogP contribution is -2.24. The van der Waals surface area contributed by atoms with Gasteiger partial charge in [0.2, 0.25) is 0 Å². The molecule has 4 heteroatoms. The first-order chi connectivity index (χ1) is 8.21. The van der Waals surface area contributed by atoms with Gasteiger partial charge in [0.1, 0.15) is 0 Å². The number of carbonyl (C=O) groups is 1. The Labute approximate surface area is 117 Å². The van der Waals surface area contributed by atoms with Crippen LogP contribution in [0.4, 0.5) is 0 Å². The molecule has 0 aliphatic rings. The van der Waals surface area contributed by atoms with Gasteiger partial charge in [-0.05, 0) is 31.5 Å². The standard InChI is InChI=1S/C14H19BrN2O/c1-9-6-7-11(8-12(9)15)13(18)17-16-10(2)14(3,4)5/h6-8H,1-5H3,(H,17,18)/b16-10+. The third-order valence-electron chi connectivity index (χ3n) is 2.84. The summed E-state index contributed by atoms with van der Waals surface area (Å²) in [6.45, 7) is 10.1. The van der Waals surface area contributed by atoms with Gasteiger partial charge in [-0.15, -0.1) is 0 Å². The van der Waals surface area contributed by atoms with Gasteiger partial charge in [-0.3, -0.25) is 4.79 Å². The van der Waals surface area contributed by atoms with Crippen molar-refractivity contribution in [2.75, 3.05) is 0 Å². The Kier molecular flexibility index (Phi) is 4.68. The minimum atomic E-state index is -0.195. The minimum Gasteiger partial charge on any atom is -0.267 e. The topological polar surface area (TPSA) is 41.5 Å². The second kappa shape index (κ2) is 5.65. The molecule has 1 rings (SSSR count). The molecular formula is C14H19BrN2O. The first kappa shape index (κ1) is 14.9. The van der Waals surface area contributed by atoms with Crippen LogP contribution in [-0.2, 0) is 0 Å². The molecule has 1 amide bonds. The highest BCUT2D eigenvalue weighted by Crippen LogP contribution is 2.18. The Morgan fingerprint density at radius 2 is 1.94 bits per heavy atom. The van der Waals surface area contributed by atoms with Crippen molar-refractivity contribution in [3.63, 3.8) is 0 Å². The van der Waals surface area contributed by atoms with Crippen LogP contribution in [0.5, 0.6) is 0 Å². The smallest absolute Gasteiger partial charge is 0.267 e. The fourth-order valence-corrected chi connectivity index (χ4v) is 1.48. The molecule has 0 saturated heterocycles. The summed E-state index contributed by atoms with van der Waals surface area (Å²) in [5.74, 6) is -0.195. The number of hydrazone groups is 1. The summed E-state index contributed by atoms with van der Waals surface area (Å²) in [7, 11) is 0. The van der Waals surface area contributed by atoms with Crippen molar-refractivity contribution in [3.05, 3.63) is 33.8 Å². The van der Waals surface area contributed by atoms with Crippen LogP contribution in [0.15, 0.2) is 27.8 Å². The third kappa shape index (κ3) is 3.95. The summed E-state index contributed by atoms with van der Waals surface area (Å²) in [5.41, 5.74) is 5.12. The van der Waals surface area contributed by atoms with Gasteiger partial charge in [0.25, 0.3) is 5.91 Å². The second-order valence-corrected chi connectivity index (χ2v) is 6.21. The van der Waals surface area contributed by atoms with Gasteiger partial charge in [-0.2, -0.15) is 5.10 Å². The van der Waals surface area contributed by atoms with Crippen molar-refractivity contribution < 1.29 is 4.79 Å². The van der Waals surface area contributed by atoms with E-state index in [1.54, 1.807) is 12.1 Å². The number of benzene rings is 1. The summed E-state index contributed by atoms with van der Waals surface area (Å²) in [6, 6.07) is 5.49. The lowest BCUT2D eigenvalue weighted by atomic mass is 9.91. The van der Waals surface area contributed by atoms with Crippen LogP contribution in [0.1, 0.15) is 43.6 Å². The molecule has 0 aromatic heterocycles. The second-order valence-electron chi connectivity index (χ2n) is 5.35. The molecule has 0 atom stereocenters. The molecule has 3 nitrogen and oxygen atoms in total. The highest BCUT2D eigenvalue weighted by atomic mass is 79.9. The molecule has 0 spiro atoms. The summed E-state index contributed by atoms with van der Waals surface area (Å²) < 4.78 is 0.923. The number of carbonyl (C=O) groups excluding carboxylic acids is 1. The molecule has 0 aliphatic carbocycles. The molecule has 0 heterocycles. The van der Waals surface area contributed by atoms with Crippen molar-refractivity contribution in [1.29, 1.82) is 0 Å². The maximum atomic E-state index is 11.9. The van der Waals surface area contributed by atoms with Gasteiger partial charge in [-0.1, -0.05) is 42.8 Å². The molecule has 0 aliphatic heterocycles. The number of hydrogen-bond acceptors (Lipinski definition) is 2. The van der Waals surface area contributed by atoms with Gasteiger partial charge in [0.05, 0.1) is 0 Å². The highest BCUT2D eigenvalue weighted by Gasteiger charge is 2.15. The summed E-state index contributed by atoms with van der Waals surface area (Å²) in [5, 5.41) is 4.13. The Morgan fingerprint density at radius 1 is 1.33 bits per heavy atom. The van der Waals surface area contributed by atoms with Crippen LogP contribution in [0.25, 0.3) is 0 Å². The van der Waals surface area contributed by atoms with E-state index in [1.165, 1.54) is 0 Å². The number of nitrogens with zero attached hydrogens (tertiary/aromatic N) is 1. The fraction of sp³-hybridized carbons (Fsp3) is 0.429. The zero-order valence-electron chi connectivity index (χ0n) is 11.5. The minimum absolute atomic E-state index is 0.0405. The monoisotopic (exact) mass is 310 g/mol. The van der Waals surface area contributed by atoms with E-state index in [-0.39, 0.29) is 11.3 Å². The van der Waals surface area contributed by atoms with E-state index in [4.69, 9.17) is 0 Å². The first-order valence-electron chi connectivity index (χ1n) is 5.83. The van der Waals surface area contributed by atoms with Gasteiger partial charge < -0.3 is 0 Å². The zero-order chi connectivity index (χ0) is 13.9. The van der Waals surface area contributed by atoms with Gasteiger partial charge in [0, 0.05) is 21.2 Å². The van der Waals surface area contributed by atoms with Crippen LogP contribution in [0, 0.1) is 12.3 Å². The Morgan fingerprint density at radius 3 is 2.44 bits per heavy atom. The van der Waals surface area contributed by atoms with E-state index < -0.39 is 0 Å². The van der Waals surface area contributed by atoms with Crippen molar-refractivity contribution in [1.82, 2.24) is 5.43 Å². The summed E-state index contributed by atoms with van der Waals surface area (Å²) >= 11 is 3.41. The van der Waals surface area contributed by atoms with Crippen molar-refractivity contribution in [2.24, 2.45) is 10.5 Å². The molecule has 1 N–H and O–H groups in total. The number of halogens is 1. The van der Waals surface area contributed by atoms with E-state index in [9.17, 15) is 4.79 Å². The van der Waals surface area contributed by atoms with Gasteiger partial charge in [0.15, 0.2) is 0 Å². The average molecular weight is 311 g/mol. The van der Waals surface area contributed by atoms with E-state index in [0.29, 0.717) is 5.56 Å². The molecule has 1 aromatic carbocycles. The van der Waals surface area contributed by atoms with Crippen LogP contribution < -0.4 is 5.43 Å². The van der Waals surface area contributed by atoms with Crippen molar-refractivity contribution in [2.45, 2.75) is 34.6 Å². The fourth-order valence-electron chi connectivity index (χ4n) is 1.10. The van der Waals surface area contributed by atoms with E-state index in [2.05, 4.69) is 47.2 Å². The molecule has 0 unspecified atom stereocenters. The SMILES string of the molecule is C/C(=N\NC(=O)c1ccc(C)c(Br)c1)C(C)(C)C. The molecule has 0 bridgehead atoms. The van der Waals surface area contributed by atoms with Crippen LogP contribution in [-0.4, -0.2) is 11.6 Å². The molecular weight excluding hydrogens is 292 g/mol. The Bertz CT molecular complexity index is 487. The maximum absolute atomic E-state index is 11.9. The Hall–Kier alpha value is -1.16. The third-order valence-corrected chi connectivity index (χ3v) is 3.70. The molecule has 18 heavy (non-hydrogen) atoms. The maximum Gasteiger partial charge on any atom is 0.271 e. The number of amides is 1. The van der Waals surface area contributed by atoms with E-state index >= 15 is 0 Å². The van der Waals surface area contributed by atoms with Crippen LogP contribution >= 0.6 is 15.9 Å². The first-order valence-corrected chi connectivity index (χ1v) is 6.62. The predicted octanol–water partition coefficient (Wildman–Crippen LogP) is 3.91. The number of nitrogens with one attached hydrogen (secondary N) is 1. The molecule has 1 aromatic rings.